The predicted octanol–water partition coefficient (Wildman–Crippen LogP) is 2.14. The van der Waals surface area contributed by atoms with E-state index in [-0.39, 0.29) is 0 Å². The van der Waals surface area contributed by atoms with Crippen molar-refractivity contribution in [2.45, 2.75) is 31.3 Å². The Kier molecular flexibility index (Phi) is 2.35. The Hall–Kier alpha value is -1.84. The molecule has 1 N–H and O–H groups in total. The molecule has 0 amide bonds. The Labute approximate surface area is 98.9 Å². The molecule has 0 bridgehead atoms. The molecule has 1 saturated carbocycles. The number of rotatable bonds is 3. The van der Waals surface area contributed by atoms with Crippen LogP contribution < -0.4 is 0 Å². The van der Waals surface area contributed by atoms with Gasteiger partial charge in [0.05, 0.1) is 5.71 Å². The highest BCUT2D eigenvalue weighted by atomic mass is 16.7. The quantitative estimate of drug-likeness (QED) is 0.867. The fraction of sp³-hybridized carbons (Fsp3) is 0.385. The molecule has 4 heteroatoms. The highest BCUT2D eigenvalue weighted by molar-refractivity contribution is 6.03. The van der Waals surface area contributed by atoms with E-state index in [2.05, 4.69) is 17.3 Å². The molecule has 1 unspecified atom stereocenters. The molecule has 0 aromatic heterocycles. The summed E-state index contributed by atoms with van der Waals surface area (Å²) in [5.74, 6) is -0.268. The molecule has 2 aliphatic rings. The number of carboxylic acids is 1. The van der Waals surface area contributed by atoms with Crippen molar-refractivity contribution >= 4 is 11.7 Å². The largest absolute Gasteiger partial charge is 0.478 e. The van der Waals surface area contributed by atoms with Gasteiger partial charge in [0, 0.05) is 6.42 Å². The Morgan fingerprint density at radius 3 is 2.88 bits per heavy atom. The molecule has 17 heavy (non-hydrogen) atoms. The number of hydrogen-bond donors (Lipinski definition) is 1. The number of carbonyl (C=O) groups is 1. The minimum Gasteiger partial charge on any atom is -0.478 e. The van der Waals surface area contributed by atoms with Crippen LogP contribution in [-0.2, 0) is 9.63 Å². The van der Waals surface area contributed by atoms with Crippen LogP contribution in [0.1, 0.15) is 36.3 Å². The van der Waals surface area contributed by atoms with Crippen LogP contribution in [0.4, 0.5) is 0 Å². The fourth-order valence-corrected chi connectivity index (χ4v) is 2.07. The van der Waals surface area contributed by atoms with Gasteiger partial charge in [-0.1, -0.05) is 23.4 Å². The molecular weight excluding hydrogens is 218 g/mol. The van der Waals surface area contributed by atoms with Crippen molar-refractivity contribution < 1.29 is 14.7 Å². The second-order valence-corrected chi connectivity index (χ2v) is 4.57. The summed E-state index contributed by atoms with van der Waals surface area (Å²) in [6, 6.07) is 8.17. The van der Waals surface area contributed by atoms with Gasteiger partial charge >= 0.3 is 5.97 Å². The summed E-state index contributed by atoms with van der Waals surface area (Å²) < 4.78 is 0. The first-order valence-corrected chi connectivity index (χ1v) is 5.80. The maximum atomic E-state index is 10.8. The van der Waals surface area contributed by atoms with Gasteiger partial charge < -0.3 is 9.94 Å². The van der Waals surface area contributed by atoms with Gasteiger partial charge in [-0.15, -0.1) is 0 Å². The Morgan fingerprint density at radius 1 is 1.41 bits per heavy atom. The molecular formula is C13H13NO3. The van der Waals surface area contributed by atoms with Gasteiger partial charge in [0.2, 0.25) is 6.10 Å². The molecule has 4 nitrogen and oxygen atoms in total. The minimum absolute atomic E-state index is 0.351. The molecule has 0 saturated heterocycles. The van der Waals surface area contributed by atoms with Crippen molar-refractivity contribution in [3.05, 3.63) is 35.4 Å². The van der Waals surface area contributed by atoms with E-state index in [0.29, 0.717) is 12.3 Å². The first-order chi connectivity index (χ1) is 8.24. The molecule has 1 atom stereocenters. The highest BCUT2D eigenvalue weighted by Gasteiger charge is 2.29. The van der Waals surface area contributed by atoms with Gasteiger partial charge in [0.15, 0.2) is 0 Å². The summed E-state index contributed by atoms with van der Waals surface area (Å²) in [6.45, 7) is 0. The zero-order valence-electron chi connectivity index (χ0n) is 9.30. The molecule has 88 valence electrons. The zero-order chi connectivity index (χ0) is 11.8. The zero-order valence-corrected chi connectivity index (χ0v) is 9.30. The highest BCUT2D eigenvalue weighted by Crippen LogP contribution is 2.40. The number of aliphatic carboxylic acids is 1. The molecule has 1 aromatic rings. The number of benzene rings is 1. The second-order valence-electron chi connectivity index (χ2n) is 4.57. The number of oxime groups is 1. The van der Waals surface area contributed by atoms with E-state index in [1.165, 1.54) is 18.4 Å². The maximum Gasteiger partial charge on any atom is 0.348 e. The Balaban J connectivity index is 1.80. The van der Waals surface area contributed by atoms with Crippen LogP contribution in [0.15, 0.2) is 29.4 Å². The first-order valence-electron chi connectivity index (χ1n) is 5.80. The van der Waals surface area contributed by atoms with Crippen molar-refractivity contribution in [2.24, 2.45) is 5.16 Å². The lowest BCUT2D eigenvalue weighted by molar-refractivity contribution is -0.148. The molecule has 0 radical (unpaired) electrons. The summed E-state index contributed by atoms with van der Waals surface area (Å²) in [4.78, 5) is 15.7. The molecule has 3 rings (SSSR count). The molecule has 0 spiro atoms. The summed E-state index contributed by atoms with van der Waals surface area (Å²) in [7, 11) is 0. The van der Waals surface area contributed by atoms with Gasteiger partial charge in [0.25, 0.3) is 0 Å². The van der Waals surface area contributed by atoms with E-state index in [1.54, 1.807) is 0 Å². The monoisotopic (exact) mass is 231 g/mol. The normalized spacial score (nSPS) is 23.1. The molecule has 1 aromatic carbocycles. The van der Waals surface area contributed by atoms with Crippen molar-refractivity contribution in [1.29, 1.82) is 0 Å². The summed E-state index contributed by atoms with van der Waals surface area (Å²) in [6.07, 6.45) is 2.03. The van der Waals surface area contributed by atoms with Crippen LogP contribution in [0.3, 0.4) is 0 Å². The van der Waals surface area contributed by atoms with Crippen LogP contribution in [0, 0.1) is 0 Å². The van der Waals surface area contributed by atoms with Crippen LogP contribution in [-0.4, -0.2) is 22.9 Å². The molecule has 1 aliphatic heterocycles. The first kappa shape index (κ1) is 10.3. The predicted molar refractivity (Wildman–Crippen MR) is 62.1 cm³/mol. The van der Waals surface area contributed by atoms with E-state index in [4.69, 9.17) is 9.94 Å². The number of carboxylic acid groups (broad SMARTS) is 1. The van der Waals surface area contributed by atoms with Crippen molar-refractivity contribution in [3.8, 4) is 0 Å². The molecule has 1 fully saturated rings. The summed E-state index contributed by atoms with van der Waals surface area (Å²) in [5, 5.41) is 12.7. The van der Waals surface area contributed by atoms with Crippen LogP contribution in [0.2, 0.25) is 0 Å². The van der Waals surface area contributed by atoms with E-state index >= 15 is 0 Å². The average Bonchev–Trinajstić information content (AvgIpc) is 3.06. The Morgan fingerprint density at radius 2 is 2.24 bits per heavy atom. The van der Waals surface area contributed by atoms with Crippen LogP contribution >= 0.6 is 0 Å². The average molecular weight is 231 g/mol. The topological polar surface area (TPSA) is 58.9 Å². The lowest BCUT2D eigenvalue weighted by Gasteiger charge is -2.03. The van der Waals surface area contributed by atoms with E-state index < -0.39 is 12.1 Å². The third-order valence-corrected chi connectivity index (χ3v) is 3.21. The van der Waals surface area contributed by atoms with Crippen molar-refractivity contribution in [1.82, 2.24) is 0 Å². The van der Waals surface area contributed by atoms with Crippen LogP contribution in [0.5, 0.6) is 0 Å². The lowest BCUT2D eigenvalue weighted by atomic mass is 10.0. The summed E-state index contributed by atoms with van der Waals surface area (Å²) in [5.41, 5.74) is 3.04. The molecule has 1 aliphatic carbocycles. The van der Waals surface area contributed by atoms with Gasteiger partial charge in [0.1, 0.15) is 0 Å². The third-order valence-electron chi connectivity index (χ3n) is 3.21. The standard InChI is InChI=1S/C13H13NO3/c15-13(16)12-7-11(14-17-12)10-3-1-2-9(6-10)8-4-5-8/h1-3,6,8,12H,4-5,7H2,(H,15,16). The summed E-state index contributed by atoms with van der Waals surface area (Å²) >= 11 is 0. The van der Waals surface area contributed by atoms with Crippen LogP contribution in [0.25, 0.3) is 0 Å². The maximum absolute atomic E-state index is 10.8. The lowest BCUT2D eigenvalue weighted by Crippen LogP contribution is -2.19. The Bertz CT molecular complexity index is 491. The SMILES string of the molecule is O=C(O)C1CC(c2cccc(C3CC3)c2)=NO1. The smallest absolute Gasteiger partial charge is 0.348 e. The van der Waals surface area contributed by atoms with Gasteiger partial charge in [-0.25, -0.2) is 4.79 Å². The fourth-order valence-electron chi connectivity index (χ4n) is 2.07. The number of hydrogen-bond acceptors (Lipinski definition) is 3. The van der Waals surface area contributed by atoms with Crippen molar-refractivity contribution in [2.75, 3.05) is 0 Å². The number of nitrogens with zero attached hydrogens (tertiary/aromatic N) is 1. The minimum atomic E-state index is -0.956. The van der Waals surface area contributed by atoms with Gasteiger partial charge in [-0.05, 0) is 36.0 Å². The van der Waals surface area contributed by atoms with E-state index in [0.717, 1.165) is 11.3 Å². The second kappa shape index (κ2) is 3.87. The van der Waals surface area contributed by atoms with Gasteiger partial charge in [-0.3, -0.25) is 0 Å². The van der Waals surface area contributed by atoms with E-state index in [9.17, 15) is 4.79 Å². The van der Waals surface area contributed by atoms with Crippen molar-refractivity contribution in [3.63, 3.8) is 0 Å². The molecule has 1 heterocycles. The van der Waals surface area contributed by atoms with E-state index in [1.807, 2.05) is 12.1 Å². The van der Waals surface area contributed by atoms with Gasteiger partial charge in [-0.2, -0.15) is 0 Å². The third kappa shape index (κ3) is 2.02.